The molecule has 2 atom stereocenters. The summed E-state index contributed by atoms with van der Waals surface area (Å²) in [5, 5.41) is 5.36. The molecule has 0 unspecified atom stereocenters. The summed E-state index contributed by atoms with van der Waals surface area (Å²) in [6, 6.07) is 4.93. The van der Waals surface area contributed by atoms with E-state index in [-0.39, 0.29) is 30.3 Å². The lowest BCUT2D eigenvalue weighted by Gasteiger charge is -2.23. The van der Waals surface area contributed by atoms with Crippen LogP contribution in [0.5, 0.6) is 0 Å². The van der Waals surface area contributed by atoms with Crippen molar-refractivity contribution in [2.75, 3.05) is 6.61 Å². The Labute approximate surface area is 130 Å². The van der Waals surface area contributed by atoms with E-state index >= 15 is 0 Å². The fourth-order valence-corrected chi connectivity index (χ4v) is 1.97. The first-order chi connectivity index (χ1) is 10.3. The maximum Gasteiger partial charge on any atom is 0.407 e. The van der Waals surface area contributed by atoms with E-state index in [0.29, 0.717) is 0 Å². The number of amides is 2. The van der Waals surface area contributed by atoms with Gasteiger partial charge in [0.05, 0.1) is 12.6 Å². The van der Waals surface area contributed by atoms with Gasteiger partial charge in [-0.05, 0) is 37.5 Å². The number of alkyl carbamates (subject to hydrolysis) is 1. The van der Waals surface area contributed by atoms with Crippen molar-refractivity contribution in [3.8, 4) is 0 Å². The van der Waals surface area contributed by atoms with Crippen LogP contribution >= 0.6 is 0 Å². The van der Waals surface area contributed by atoms with E-state index < -0.39 is 12.1 Å². The van der Waals surface area contributed by atoms with Gasteiger partial charge in [-0.25, -0.2) is 9.18 Å². The van der Waals surface area contributed by atoms with E-state index in [1.165, 1.54) is 12.1 Å². The smallest absolute Gasteiger partial charge is 0.407 e. The molecule has 0 spiro atoms. The van der Waals surface area contributed by atoms with Crippen molar-refractivity contribution in [2.45, 2.75) is 39.8 Å². The highest BCUT2D eigenvalue weighted by atomic mass is 19.1. The molecule has 0 saturated heterocycles. The summed E-state index contributed by atoms with van der Waals surface area (Å²) in [4.78, 5) is 23.8. The number of rotatable bonds is 6. The Bertz CT molecular complexity index is 503. The number of carbonyl (C=O) groups is 2. The summed E-state index contributed by atoms with van der Waals surface area (Å²) in [5.74, 6) is -0.726. The molecule has 0 saturated carbocycles. The van der Waals surface area contributed by atoms with Crippen LogP contribution < -0.4 is 10.6 Å². The highest BCUT2D eigenvalue weighted by molar-refractivity contribution is 5.86. The van der Waals surface area contributed by atoms with E-state index in [0.717, 1.165) is 5.56 Å². The maximum atomic E-state index is 12.9. The van der Waals surface area contributed by atoms with Gasteiger partial charge in [-0.2, -0.15) is 0 Å². The topological polar surface area (TPSA) is 67.4 Å². The van der Waals surface area contributed by atoms with E-state index in [1.807, 2.05) is 13.8 Å². The van der Waals surface area contributed by atoms with E-state index in [1.54, 1.807) is 26.0 Å². The standard InChI is InChI=1S/C16H23FN2O3/c1-5-22-16(21)19-14(10(2)3)15(20)18-11(4)12-6-8-13(17)9-7-12/h6-11,14H,5H2,1-4H3,(H,18,20)(H,19,21)/t11-,14+/m0/s1. The van der Waals surface area contributed by atoms with Crippen molar-refractivity contribution < 1.29 is 18.7 Å². The molecule has 0 bridgehead atoms. The molecule has 22 heavy (non-hydrogen) atoms. The van der Waals surface area contributed by atoms with Crippen LogP contribution in [0.1, 0.15) is 39.3 Å². The van der Waals surface area contributed by atoms with E-state index in [2.05, 4.69) is 10.6 Å². The zero-order valence-corrected chi connectivity index (χ0v) is 13.4. The molecular formula is C16H23FN2O3. The molecule has 1 aromatic rings. The normalized spacial score (nSPS) is 13.4. The van der Waals surface area contributed by atoms with Gasteiger partial charge >= 0.3 is 6.09 Å². The van der Waals surface area contributed by atoms with Gasteiger partial charge in [0.1, 0.15) is 11.9 Å². The Morgan fingerprint density at radius 3 is 2.23 bits per heavy atom. The summed E-state index contributed by atoms with van der Waals surface area (Å²) in [6.45, 7) is 7.40. The molecule has 1 aromatic carbocycles. The monoisotopic (exact) mass is 310 g/mol. The number of benzene rings is 1. The SMILES string of the molecule is CCOC(=O)N[C@@H](C(=O)N[C@@H](C)c1ccc(F)cc1)C(C)C. The molecule has 5 nitrogen and oxygen atoms in total. The zero-order valence-electron chi connectivity index (χ0n) is 13.4. The van der Waals surface area contributed by atoms with Gasteiger partial charge in [0, 0.05) is 0 Å². The Hall–Kier alpha value is -2.11. The second-order valence-electron chi connectivity index (χ2n) is 5.37. The number of hydrogen-bond acceptors (Lipinski definition) is 3. The summed E-state index contributed by atoms with van der Waals surface area (Å²) in [6.07, 6.45) is -0.620. The fourth-order valence-electron chi connectivity index (χ4n) is 1.97. The third kappa shape index (κ3) is 5.35. The number of halogens is 1. The Morgan fingerprint density at radius 2 is 1.73 bits per heavy atom. The van der Waals surface area contributed by atoms with Crippen molar-refractivity contribution in [1.29, 1.82) is 0 Å². The average Bonchev–Trinajstić information content (AvgIpc) is 2.45. The molecule has 2 N–H and O–H groups in total. The van der Waals surface area contributed by atoms with Gasteiger partial charge in [-0.15, -0.1) is 0 Å². The van der Waals surface area contributed by atoms with Gasteiger partial charge in [0.15, 0.2) is 0 Å². The van der Waals surface area contributed by atoms with Crippen LogP contribution in [0, 0.1) is 11.7 Å². The summed E-state index contributed by atoms with van der Waals surface area (Å²) in [5.41, 5.74) is 0.786. The molecule has 1 rings (SSSR count). The minimum atomic E-state index is -0.693. The minimum absolute atomic E-state index is 0.0928. The first kappa shape index (κ1) is 17.9. The van der Waals surface area contributed by atoms with Crippen LogP contribution in [-0.4, -0.2) is 24.6 Å². The molecular weight excluding hydrogens is 287 g/mol. The lowest BCUT2D eigenvalue weighted by molar-refractivity contribution is -0.124. The molecule has 0 aromatic heterocycles. The lowest BCUT2D eigenvalue weighted by atomic mass is 10.0. The van der Waals surface area contributed by atoms with Crippen molar-refractivity contribution >= 4 is 12.0 Å². The van der Waals surface area contributed by atoms with Crippen LogP contribution in [0.25, 0.3) is 0 Å². The largest absolute Gasteiger partial charge is 0.450 e. The second-order valence-corrected chi connectivity index (χ2v) is 5.37. The summed E-state index contributed by atoms with van der Waals surface area (Å²) >= 11 is 0. The fraction of sp³-hybridized carbons (Fsp3) is 0.500. The molecule has 0 aliphatic carbocycles. The lowest BCUT2D eigenvalue weighted by Crippen LogP contribution is -2.50. The highest BCUT2D eigenvalue weighted by Gasteiger charge is 2.25. The van der Waals surface area contributed by atoms with Crippen LogP contribution in [0.2, 0.25) is 0 Å². The number of carbonyl (C=O) groups excluding carboxylic acids is 2. The van der Waals surface area contributed by atoms with Crippen LogP contribution in [0.15, 0.2) is 24.3 Å². The third-order valence-electron chi connectivity index (χ3n) is 3.23. The van der Waals surface area contributed by atoms with Crippen LogP contribution in [-0.2, 0) is 9.53 Å². The van der Waals surface area contributed by atoms with Crippen molar-refractivity contribution in [2.24, 2.45) is 5.92 Å². The quantitative estimate of drug-likeness (QED) is 0.849. The Kier molecular flexibility index (Phi) is 6.82. The van der Waals surface area contributed by atoms with Crippen molar-refractivity contribution in [3.05, 3.63) is 35.6 Å². The van der Waals surface area contributed by atoms with Crippen molar-refractivity contribution in [3.63, 3.8) is 0 Å². The van der Waals surface area contributed by atoms with Gasteiger partial charge in [0.2, 0.25) is 5.91 Å². The van der Waals surface area contributed by atoms with Crippen molar-refractivity contribution in [1.82, 2.24) is 10.6 Å². The van der Waals surface area contributed by atoms with Gasteiger partial charge in [-0.3, -0.25) is 4.79 Å². The second kappa shape index (κ2) is 8.36. The molecule has 0 heterocycles. The maximum absolute atomic E-state index is 12.9. The molecule has 0 radical (unpaired) electrons. The Balaban J connectivity index is 2.70. The van der Waals surface area contributed by atoms with Crippen LogP contribution in [0.4, 0.5) is 9.18 Å². The molecule has 2 amide bonds. The van der Waals surface area contributed by atoms with Gasteiger partial charge in [-0.1, -0.05) is 26.0 Å². The predicted molar refractivity (Wildman–Crippen MR) is 81.7 cm³/mol. The highest BCUT2D eigenvalue weighted by Crippen LogP contribution is 2.14. The molecule has 122 valence electrons. The molecule has 0 aliphatic heterocycles. The number of ether oxygens (including phenoxy) is 1. The zero-order chi connectivity index (χ0) is 16.7. The first-order valence-corrected chi connectivity index (χ1v) is 7.34. The average molecular weight is 310 g/mol. The minimum Gasteiger partial charge on any atom is -0.450 e. The first-order valence-electron chi connectivity index (χ1n) is 7.34. The van der Waals surface area contributed by atoms with Gasteiger partial charge in [0.25, 0.3) is 0 Å². The van der Waals surface area contributed by atoms with E-state index in [9.17, 15) is 14.0 Å². The predicted octanol–water partition coefficient (Wildman–Crippen LogP) is 2.77. The summed E-state index contributed by atoms with van der Waals surface area (Å²) < 4.78 is 17.7. The molecule has 0 fully saturated rings. The Morgan fingerprint density at radius 1 is 1.14 bits per heavy atom. The van der Waals surface area contributed by atoms with Crippen LogP contribution in [0.3, 0.4) is 0 Å². The van der Waals surface area contributed by atoms with E-state index in [4.69, 9.17) is 4.74 Å². The summed E-state index contributed by atoms with van der Waals surface area (Å²) in [7, 11) is 0. The third-order valence-corrected chi connectivity index (χ3v) is 3.23. The number of hydrogen-bond donors (Lipinski definition) is 2. The molecule has 0 aliphatic rings. The number of nitrogens with one attached hydrogen (secondary N) is 2. The van der Waals surface area contributed by atoms with Gasteiger partial charge < -0.3 is 15.4 Å². The molecule has 6 heteroatoms.